The van der Waals surface area contributed by atoms with E-state index in [-0.39, 0.29) is 46.5 Å². The van der Waals surface area contributed by atoms with Crippen molar-refractivity contribution in [2.75, 3.05) is 0 Å². The third-order valence-corrected chi connectivity index (χ3v) is 3.09. The van der Waals surface area contributed by atoms with Gasteiger partial charge in [0.05, 0.1) is 0 Å². The molecule has 1 aromatic carbocycles. The van der Waals surface area contributed by atoms with Gasteiger partial charge >= 0.3 is 21.7 Å². The van der Waals surface area contributed by atoms with E-state index < -0.39 is 0 Å². The van der Waals surface area contributed by atoms with E-state index in [1.807, 2.05) is 12.1 Å². The predicted molar refractivity (Wildman–Crippen MR) is 67.3 cm³/mol. The molecule has 1 heterocycles. The van der Waals surface area contributed by atoms with Crippen LogP contribution in [-0.4, -0.2) is 0 Å². The normalized spacial score (nSPS) is 14.4. The van der Waals surface area contributed by atoms with Crippen molar-refractivity contribution in [3.05, 3.63) is 65.2 Å². The van der Waals surface area contributed by atoms with Crippen LogP contribution in [0.3, 0.4) is 0 Å². The van der Waals surface area contributed by atoms with Gasteiger partial charge in [-0.05, 0) is 0 Å². The van der Waals surface area contributed by atoms with Crippen molar-refractivity contribution >= 4 is 14.3 Å². The smallest absolute Gasteiger partial charge is 1.00 e. The van der Waals surface area contributed by atoms with Crippen LogP contribution in [0, 0.1) is 11.9 Å². The zero-order valence-electron chi connectivity index (χ0n) is 9.95. The van der Waals surface area contributed by atoms with Gasteiger partial charge in [0, 0.05) is 0 Å². The molecule has 0 radical (unpaired) electrons. The van der Waals surface area contributed by atoms with E-state index in [1.54, 1.807) is 0 Å². The molecule has 1 aromatic heterocycles. The maximum atomic E-state index is 3.26. The predicted octanol–water partition coefficient (Wildman–Crippen LogP) is -1.86. The summed E-state index contributed by atoms with van der Waals surface area (Å²) in [7, 11) is 0.823. The van der Waals surface area contributed by atoms with E-state index >= 15 is 0 Å². The second kappa shape index (κ2) is 10.9. The summed E-state index contributed by atoms with van der Waals surface area (Å²) in [6.45, 7) is 2.17. The van der Waals surface area contributed by atoms with Crippen LogP contribution >= 0.6 is 8.19 Å². The molecular formula is C14H13Cl2PTi. The third-order valence-electron chi connectivity index (χ3n) is 2.39. The van der Waals surface area contributed by atoms with Gasteiger partial charge in [-0.3, -0.25) is 14.3 Å². The molecule has 0 nitrogen and oxygen atoms in total. The van der Waals surface area contributed by atoms with Crippen molar-refractivity contribution in [3.63, 3.8) is 0 Å². The first-order valence-corrected chi connectivity index (χ1v) is 6.13. The van der Waals surface area contributed by atoms with E-state index in [0.29, 0.717) is 5.92 Å². The van der Waals surface area contributed by atoms with Crippen LogP contribution in [0.15, 0.2) is 42.2 Å². The second-order valence-corrected chi connectivity index (χ2v) is 4.39. The summed E-state index contributed by atoms with van der Waals surface area (Å²) in [4.78, 5) is 0. The molecule has 0 bridgehead atoms. The average Bonchev–Trinajstić information content (AvgIpc) is 2.92. The van der Waals surface area contributed by atoms with Crippen LogP contribution in [0.2, 0.25) is 0 Å². The van der Waals surface area contributed by atoms with Crippen molar-refractivity contribution in [2.24, 2.45) is 0 Å². The molecule has 2 unspecified atom stereocenters. The Balaban J connectivity index is 0. The molecule has 0 N–H and O–H groups in total. The molecule has 92 valence electrons. The van der Waals surface area contributed by atoms with Gasteiger partial charge in [-0.2, -0.15) is 23.2 Å². The Morgan fingerprint density at radius 3 is 2.33 bits per heavy atom. The molecule has 1 aliphatic rings. The summed E-state index contributed by atoms with van der Waals surface area (Å²) < 4.78 is 0. The summed E-state index contributed by atoms with van der Waals surface area (Å²) in [5, 5.41) is 0. The van der Waals surface area contributed by atoms with E-state index in [0.717, 1.165) is 8.19 Å². The van der Waals surface area contributed by atoms with Crippen LogP contribution < -0.4 is 24.8 Å². The first-order valence-electron chi connectivity index (χ1n) is 5.05. The average molecular weight is 331 g/mol. The monoisotopic (exact) mass is 330 g/mol. The molecule has 0 spiro atoms. The van der Waals surface area contributed by atoms with Crippen molar-refractivity contribution in [1.82, 2.24) is 0 Å². The third kappa shape index (κ3) is 5.78. The molecule has 1 aliphatic carbocycles. The molecular weight excluding hydrogens is 318 g/mol. The summed E-state index contributed by atoms with van der Waals surface area (Å²) in [6, 6.07) is 12.4. The van der Waals surface area contributed by atoms with Crippen molar-refractivity contribution in [2.45, 2.75) is 12.8 Å². The fourth-order valence-electron chi connectivity index (χ4n) is 1.58. The van der Waals surface area contributed by atoms with Gasteiger partial charge in [-0.25, -0.2) is 12.1 Å². The molecule has 0 amide bonds. The first-order chi connectivity index (χ1) is 7.38. The Morgan fingerprint density at radius 2 is 1.83 bits per heavy atom. The van der Waals surface area contributed by atoms with E-state index in [9.17, 15) is 0 Å². The molecule has 0 saturated heterocycles. The van der Waals surface area contributed by atoms with E-state index in [4.69, 9.17) is 0 Å². The molecule has 18 heavy (non-hydrogen) atoms. The molecule has 2 aromatic rings. The minimum Gasteiger partial charge on any atom is -1.00 e. The van der Waals surface area contributed by atoms with Gasteiger partial charge in [-0.15, -0.1) is 11.6 Å². The van der Waals surface area contributed by atoms with Gasteiger partial charge in [0.1, 0.15) is 0 Å². The number of rotatable bonds is 0. The molecule has 4 heteroatoms. The minimum atomic E-state index is 0. The van der Waals surface area contributed by atoms with E-state index in [2.05, 4.69) is 54.9 Å². The summed E-state index contributed by atoms with van der Waals surface area (Å²) >= 11 is 0. The molecule has 2 atom stereocenters. The number of allylic oxidation sites excluding steroid dienone is 1. The summed E-state index contributed by atoms with van der Waals surface area (Å²) in [5.41, 5.74) is 2.73. The van der Waals surface area contributed by atoms with Crippen LogP contribution in [0.25, 0.3) is 6.08 Å². The van der Waals surface area contributed by atoms with Crippen LogP contribution in [0.5, 0.6) is 0 Å². The zero-order valence-corrected chi connectivity index (χ0v) is 14.0. The standard InChI is InChI=1S/C10H9.C4H4P.2ClH.Ti/c1-8-6-7-9-4-2-3-5-10(8)9;1-2-4-5-3-1;;;/h2-5,7-8H,1H3;1-3,5H;2*1H;/q2*-1;;;+4/p-2. The summed E-state index contributed by atoms with van der Waals surface area (Å²) in [6.07, 6.45) is 5.33. The van der Waals surface area contributed by atoms with Crippen LogP contribution in [-0.2, 0) is 21.7 Å². The van der Waals surface area contributed by atoms with Crippen molar-refractivity contribution in [3.8, 4) is 0 Å². The Labute approximate surface area is 138 Å². The maximum absolute atomic E-state index is 3.26. The summed E-state index contributed by atoms with van der Waals surface area (Å²) in [5.74, 6) is 5.61. The van der Waals surface area contributed by atoms with Gasteiger partial charge in [0.2, 0.25) is 0 Å². The molecule has 3 rings (SSSR count). The quantitative estimate of drug-likeness (QED) is 0.393. The maximum Gasteiger partial charge on any atom is 4.00 e. The number of fused-ring (bicyclic) bond motifs is 1. The van der Waals surface area contributed by atoms with Crippen LogP contribution in [0.4, 0.5) is 0 Å². The van der Waals surface area contributed by atoms with Gasteiger partial charge in [-0.1, -0.05) is 31.0 Å². The number of hydrogen-bond donors (Lipinski definition) is 0. The topological polar surface area (TPSA) is 0 Å². The van der Waals surface area contributed by atoms with Gasteiger partial charge in [0.15, 0.2) is 0 Å². The number of halogens is 2. The van der Waals surface area contributed by atoms with Crippen molar-refractivity contribution < 1.29 is 46.5 Å². The Bertz CT molecular complexity index is 424. The Kier molecular flexibility index (Phi) is 12.3. The number of benzene rings is 1. The van der Waals surface area contributed by atoms with Crippen molar-refractivity contribution in [1.29, 1.82) is 0 Å². The fraction of sp³-hybridized carbons (Fsp3) is 0.143. The minimum absolute atomic E-state index is 0. The SMILES string of the molecule is CC1[C-]=Cc2ccccc21.[Cl-].[Cl-].[Ti+4].[c-]1ccc[pH]1. The fourth-order valence-corrected chi connectivity index (χ4v) is 2.06. The van der Waals surface area contributed by atoms with E-state index in [1.165, 1.54) is 11.1 Å². The first kappa shape index (κ1) is 20.4. The molecule has 0 saturated carbocycles. The largest absolute Gasteiger partial charge is 4.00 e. The number of hydrogen-bond acceptors (Lipinski definition) is 0. The Morgan fingerprint density at radius 1 is 1.11 bits per heavy atom. The Hall–Kier alpha value is 0.0343. The second-order valence-electron chi connectivity index (χ2n) is 3.48. The van der Waals surface area contributed by atoms with Gasteiger partial charge in [0.25, 0.3) is 0 Å². The zero-order chi connectivity index (χ0) is 10.5. The van der Waals surface area contributed by atoms with Crippen LogP contribution in [0.1, 0.15) is 24.0 Å². The molecule has 0 fully saturated rings. The van der Waals surface area contributed by atoms with Gasteiger partial charge < -0.3 is 24.8 Å². The molecule has 0 aliphatic heterocycles.